The molecule has 3 rings (SSSR count). The Bertz CT molecular complexity index is 846. The van der Waals surface area contributed by atoms with Crippen LogP contribution < -0.4 is 14.8 Å². The SMILES string of the molecule is COc1ccc(C2SCCN2C(=O)CNC(=O)OCc2ccccc2)cc1OC. The van der Waals surface area contributed by atoms with E-state index in [0.717, 1.165) is 16.9 Å². The van der Waals surface area contributed by atoms with Gasteiger partial charge in [0, 0.05) is 12.3 Å². The van der Waals surface area contributed by atoms with Crippen LogP contribution in [0.2, 0.25) is 0 Å². The van der Waals surface area contributed by atoms with E-state index in [9.17, 15) is 9.59 Å². The first kappa shape index (κ1) is 20.9. The maximum atomic E-state index is 12.7. The number of benzene rings is 2. The van der Waals surface area contributed by atoms with Crippen molar-refractivity contribution >= 4 is 23.8 Å². The Kier molecular flexibility index (Phi) is 7.24. The van der Waals surface area contributed by atoms with Crippen molar-refractivity contribution in [3.05, 3.63) is 59.7 Å². The summed E-state index contributed by atoms with van der Waals surface area (Å²) in [5.74, 6) is 1.92. The number of nitrogens with one attached hydrogen (secondary N) is 1. The van der Waals surface area contributed by atoms with Gasteiger partial charge in [-0.25, -0.2) is 4.79 Å². The van der Waals surface area contributed by atoms with Crippen molar-refractivity contribution in [2.24, 2.45) is 0 Å². The van der Waals surface area contributed by atoms with Gasteiger partial charge in [-0.05, 0) is 23.3 Å². The van der Waals surface area contributed by atoms with Gasteiger partial charge >= 0.3 is 6.09 Å². The van der Waals surface area contributed by atoms with Gasteiger partial charge in [-0.1, -0.05) is 36.4 Å². The van der Waals surface area contributed by atoms with E-state index in [1.165, 1.54) is 0 Å². The van der Waals surface area contributed by atoms with Gasteiger partial charge < -0.3 is 24.4 Å². The minimum Gasteiger partial charge on any atom is -0.493 e. The Morgan fingerprint density at radius 3 is 2.59 bits per heavy atom. The molecule has 1 fully saturated rings. The monoisotopic (exact) mass is 416 g/mol. The molecule has 0 saturated carbocycles. The number of carbonyl (C=O) groups is 2. The molecule has 0 bridgehead atoms. The lowest BCUT2D eigenvalue weighted by molar-refractivity contribution is -0.130. The van der Waals surface area contributed by atoms with Crippen LogP contribution in [0.25, 0.3) is 0 Å². The fourth-order valence-electron chi connectivity index (χ4n) is 3.03. The summed E-state index contributed by atoms with van der Waals surface area (Å²) in [7, 11) is 3.16. The lowest BCUT2D eigenvalue weighted by atomic mass is 10.1. The third-order valence-corrected chi connectivity index (χ3v) is 5.76. The highest BCUT2D eigenvalue weighted by atomic mass is 32.2. The van der Waals surface area contributed by atoms with Gasteiger partial charge in [0.25, 0.3) is 0 Å². The molecule has 1 N–H and O–H groups in total. The maximum Gasteiger partial charge on any atom is 0.407 e. The predicted octanol–water partition coefficient (Wildman–Crippen LogP) is 3.20. The number of amides is 2. The van der Waals surface area contributed by atoms with E-state index in [1.54, 1.807) is 30.9 Å². The molecule has 1 saturated heterocycles. The quantitative estimate of drug-likeness (QED) is 0.747. The number of hydrogen-bond acceptors (Lipinski definition) is 6. The summed E-state index contributed by atoms with van der Waals surface area (Å²) in [6, 6.07) is 15.0. The van der Waals surface area contributed by atoms with Crippen molar-refractivity contribution in [2.75, 3.05) is 33.1 Å². The van der Waals surface area contributed by atoms with Gasteiger partial charge in [0.2, 0.25) is 5.91 Å². The molecule has 0 aliphatic carbocycles. The number of carbonyl (C=O) groups excluding carboxylic acids is 2. The smallest absolute Gasteiger partial charge is 0.407 e. The van der Waals surface area contributed by atoms with Crippen molar-refractivity contribution < 1.29 is 23.8 Å². The van der Waals surface area contributed by atoms with Gasteiger partial charge in [-0.15, -0.1) is 11.8 Å². The summed E-state index contributed by atoms with van der Waals surface area (Å²) < 4.78 is 15.8. The van der Waals surface area contributed by atoms with E-state index in [0.29, 0.717) is 18.0 Å². The molecule has 2 aromatic rings. The maximum absolute atomic E-state index is 12.7. The summed E-state index contributed by atoms with van der Waals surface area (Å²) in [4.78, 5) is 26.3. The minimum absolute atomic E-state index is 0.113. The summed E-state index contributed by atoms with van der Waals surface area (Å²) >= 11 is 1.67. The average Bonchev–Trinajstić information content (AvgIpc) is 3.26. The highest BCUT2D eigenvalue weighted by Crippen LogP contribution is 2.40. The third kappa shape index (κ3) is 5.35. The first-order valence-corrected chi connectivity index (χ1v) is 10.2. The first-order chi connectivity index (χ1) is 14.1. The summed E-state index contributed by atoms with van der Waals surface area (Å²) in [6.45, 7) is 0.663. The van der Waals surface area contributed by atoms with Crippen molar-refractivity contribution in [2.45, 2.75) is 12.0 Å². The number of thioether (sulfide) groups is 1. The van der Waals surface area contributed by atoms with Crippen LogP contribution in [0.4, 0.5) is 4.79 Å². The number of nitrogens with zero attached hydrogens (tertiary/aromatic N) is 1. The largest absolute Gasteiger partial charge is 0.493 e. The fraction of sp³-hybridized carbons (Fsp3) is 0.333. The highest BCUT2D eigenvalue weighted by molar-refractivity contribution is 7.99. The molecule has 0 aromatic heterocycles. The standard InChI is InChI=1S/C21H24N2O5S/c1-26-17-9-8-16(12-18(17)27-2)20-23(10-11-29-20)19(24)13-22-21(25)28-14-15-6-4-3-5-7-15/h3-9,12,20H,10-11,13-14H2,1-2H3,(H,22,25). The Morgan fingerprint density at radius 1 is 1.10 bits per heavy atom. The van der Waals surface area contributed by atoms with Crippen LogP contribution in [0, 0.1) is 0 Å². The van der Waals surface area contributed by atoms with E-state index < -0.39 is 6.09 Å². The molecule has 1 heterocycles. The zero-order chi connectivity index (χ0) is 20.6. The first-order valence-electron chi connectivity index (χ1n) is 9.20. The zero-order valence-electron chi connectivity index (χ0n) is 16.4. The van der Waals surface area contributed by atoms with Crippen molar-refractivity contribution in [1.29, 1.82) is 0 Å². The van der Waals surface area contributed by atoms with E-state index in [1.807, 2.05) is 48.5 Å². The Morgan fingerprint density at radius 2 is 1.86 bits per heavy atom. The van der Waals surface area contributed by atoms with Crippen LogP contribution in [-0.4, -0.2) is 50.0 Å². The van der Waals surface area contributed by atoms with Gasteiger partial charge in [-0.2, -0.15) is 0 Å². The molecule has 1 aliphatic rings. The van der Waals surface area contributed by atoms with Gasteiger partial charge in [-0.3, -0.25) is 4.79 Å². The molecule has 0 radical (unpaired) electrons. The second kappa shape index (κ2) is 10.1. The Hall–Kier alpha value is -2.87. The van der Waals surface area contributed by atoms with Crippen LogP contribution >= 0.6 is 11.8 Å². The summed E-state index contributed by atoms with van der Waals surface area (Å²) in [5, 5.41) is 2.40. The number of ether oxygens (including phenoxy) is 3. The van der Waals surface area contributed by atoms with Gasteiger partial charge in [0.1, 0.15) is 18.5 Å². The molecule has 29 heavy (non-hydrogen) atoms. The second-order valence-corrected chi connectivity index (χ2v) is 7.53. The molecule has 7 nitrogen and oxygen atoms in total. The average molecular weight is 416 g/mol. The van der Waals surface area contributed by atoms with Crippen molar-refractivity contribution in [3.8, 4) is 11.5 Å². The number of alkyl carbamates (subject to hydrolysis) is 1. The molecular weight excluding hydrogens is 392 g/mol. The molecule has 154 valence electrons. The normalized spacial score (nSPS) is 15.7. The van der Waals surface area contributed by atoms with Gasteiger partial charge in [0.15, 0.2) is 11.5 Å². The Balaban J connectivity index is 1.55. The van der Waals surface area contributed by atoms with Crippen LogP contribution in [0.1, 0.15) is 16.5 Å². The Labute approximate surface area is 174 Å². The van der Waals surface area contributed by atoms with Crippen molar-refractivity contribution in [3.63, 3.8) is 0 Å². The number of rotatable bonds is 7. The van der Waals surface area contributed by atoms with Crippen LogP contribution in [0.15, 0.2) is 48.5 Å². The minimum atomic E-state index is -0.614. The van der Waals surface area contributed by atoms with E-state index >= 15 is 0 Å². The fourth-order valence-corrected chi connectivity index (χ4v) is 4.30. The van der Waals surface area contributed by atoms with E-state index in [4.69, 9.17) is 14.2 Å². The molecular formula is C21H24N2O5S. The predicted molar refractivity (Wildman–Crippen MR) is 111 cm³/mol. The number of methoxy groups -OCH3 is 2. The molecule has 0 spiro atoms. The van der Waals surface area contributed by atoms with Crippen LogP contribution in [0.3, 0.4) is 0 Å². The summed E-state index contributed by atoms with van der Waals surface area (Å²) in [5.41, 5.74) is 1.84. The number of hydrogen-bond donors (Lipinski definition) is 1. The molecule has 2 amide bonds. The van der Waals surface area contributed by atoms with Gasteiger partial charge in [0.05, 0.1) is 14.2 Å². The van der Waals surface area contributed by atoms with Crippen LogP contribution in [-0.2, 0) is 16.1 Å². The topological polar surface area (TPSA) is 77.1 Å². The molecule has 8 heteroatoms. The zero-order valence-corrected chi connectivity index (χ0v) is 17.2. The van der Waals surface area contributed by atoms with Crippen LogP contribution in [0.5, 0.6) is 11.5 Å². The molecule has 1 atom stereocenters. The lowest BCUT2D eigenvalue weighted by Crippen LogP contribution is -2.40. The van der Waals surface area contributed by atoms with E-state index in [-0.39, 0.29) is 24.4 Å². The molecule has 1 unspecified atom stereocenters. The van der Waals surface area contributed by atoms with Crippen molar-refractivity contribution in [1.82, 2.24) is 10.2 Å². The lowest BCUT2D eigenvalue weighted by Gasteiger charge is -2.25. The third-order valence-electron chi connectivity index (χ3n) is 4.50. The summed E-state index contributed by atoms with van der Waals surface area (Å²) in [6.07, 6.45) is -0.614. The highest BCUT2D eigenvalue weighted by Gasteiger charge is 2.31. The van der Waals surface area contributed by atoms with E-state index in [2.05, 4.69) is 5.32 Å². The molecule has 2 aromatic carbocycles. The molecule has 1 aliphatic heterocycles. The second-order valence-electron chi connectivity index (χ2n) is 6.34.